The molecule has 1 heterocycles. The molecule has 0 bridgehead atoms. The Labute approximate surface area is 164 Å². The van der Waals surface area contributed by atoms with Crippen LogP contribution in [-0.2, 0) is 36.5 Å². The third-order valence-electron chi connectivity index (χ3n) is 4.59. The van der Waals surface area contributed by atoms with Gasteiger partial charge in [-0.2, -0.15) is 0 Å². The zero-order valence-corrected chi connectivity index (χ0v) is 16.3. The molecule has 1 aliphatic heterocycles. The number of esters is 1. The summed E-state index contributed by atoms with van der Waals surface area (Å²) in [5.41, 5.74) is 2.11. The van der Waals surface area contributed by atoms with E-state index in [0.29, 0.717) is 24.1 Å². The molecule has 0 aromatic heterocycles. The molecule has 148 valence electrons. The molecule has 28 heavy (non-hydrogen) atoms. The van der Waals surface area contributed by atoms with Gasteiger partial charge < -0.3 is 4.74 Å². The molecule has 8 heteroatoms. The minimum absolute atomic E-state index is 0.221. The van der Waals surface area contributed by atoms with Crippen molar-refractivity contribution in [2.45, 2.75) is 24.6 Å². The highest BCUT2D eigenvalue weighted by atomic mass is 32.2. The molecule has 1 aliphatic rings. The van der Waals surface area contributed by atoms with E-state index in [2.05, 4.69) is 4.72 Å². The van der Waals surface area contributed by atoms with Crippen molar-refractivity contribution >= 4 is 27.6 Å². The first-order valence-electron chi connectivity index (χ1n) is 8.89. The van der Waals surface area contributed by atoms with Crippen LogP contribution in [0.4, 0.5) is 5.69 Å². The van der Waals surface area contributed by atoms with Crippen LogP contribution < -0.4 is 9.62 Å². The third kappa shape index (κ3) is 4.76. The predicted octanol–water partition coefficient (Wildman–Crippen LogP) is 1.63. The molecule has 7 nitrogen and oxygen atoms in total. The van der Waals surface area contributed by atoms with Gasteiger partial charge in [-0.3, -0.25) is 14.5 Å². The Hall–Kier alpha value is -2.71. The lowest BCUT2D eigenvalue weighted by molar-refractivity contribution is -0.140. The van der Waals surface area contributed by atoms with E-state index in [1.807, 2.05) is 12.1 Å². The summed E-state index contributed by atoms with van der Waals surface area (Å²) in [5, 5.41) is 0. The first-order chi connectivity index (χ1) is 13.4. The lowest BCUT2D eigenvalue weighted by Crippen LogP contribution is -2.49. The Bertz CT molecular complexity index is 960. The first kappa shape index (κ1) is 20.0. The Kier molecular flexibility index (Phi) is 6.11. The number of amides is 1. The quantitative estimate of drug-likeness (QED) is 0.742. The largest absolute Gasteiger partial charge is 0.468 e. The number of para-hydroxylation sites is 1. The number of rotatable bonds is 6. The van der Waals surface area contributed by atoms with Crippen molar-refractivity contribution in [2.24, 2.45) is 0 Å². The molecule has 3 rings (SSSR count). The highest BCUT2D eigenvalue weighted by Gasteiger charge is 2.34. The number of carbonyl (C=O) groups excluding carboxylic acids is 2. The average molecular weight is 402 g/mol. The second-order valence-corrected chi connectivity index (χ2v) is 8.34. The molecular weight excluding hydrogens is 380 g/mol. The second-order valence-electron chi connectivity index (χ2n) is 6.58. The average Bonchev–Trinajstić information content (AvgIpc) is 2.80. The number of sulfonamides is 1. The molecule has 0 saturated heterocycles. The minimum atomic E-state index is -3.74. The molecule has 1 amide bonds. The molecule has 0 aliphatic carbocycles. The van der Waals surface area contributed by atoms with Crippen molar-refractivity contribution in [3.05, 3.63) is 65.7 Å². The Morgan fingerprint density at radius 3 is 2.54 bits per heavy atom. The van der Waals surface area contributed by atoms with Gasteiger partial charge in [0.05, 0.1) is 12.9 Å². The summed E-state index contributed by atoms with van der Waals surface area (Å²) in [5.74, 6) is -1.26. The zero-order valence-electron chi connectivity index (χ0n) is 15.5. The number of hydrogen-bond donors (Lipinski definition) is 1. The van der Waals surface area contributed by atoms with Crippen LogP contribution in [0.15, 0.2) is 54.6 Å². The minimum Gasteiger partial charge on any atom is -0.468 e. The number of nitrogens with zero attached hydrogens (tertiary/aromatic N) is 1. The van der Waals surface area contributed by atoms with E-state index in [1.165, 1.54) is 12.0 Å². The van der Waals surface area contributed by atoms with Gasteiger partial charge >= 0.3 is 5.97 Å². The van der Waals surface area contributed by atoms with Crippen LogP contribution in [0.1, 0.15) is 17.5 Å². The number of fused-ring (bicyclic) bond motifs is 1. The monoisotopic (exact) mass is 402 g/mol. The van der Waals surface area contributed by atoms with Crippen LogP contribution in [-0.4, -0.2) is 40.0 Å². The lowest BCUT2D eigenvalue weighted by atomic mass is 10.1. The van der Waals surface area contributed by atoms with Gasteiger partial charge in [0.25, 0.3) is 0 Å². The van der Waals surface area contributed by atoms with Crippen LogP contribution in [0.5, 0.6) is 0 Å². The molecule has 1 N–H and O–H groups in total. The summed E-state index contributed by atoms with van der Waals surface area (Å²) in [4.78, 5) is 26.2. The standard InChI is InChI=1S/C20H22N2O5S/c1-27-19(23)13-22-18-10-6-5-9-16(18)11-12-17(20(22)24)21-28(25,26)14-15-7-3-2-4-8-15/h2-10,17,21H,11-14H2,1H3. The Morgan fingerprint density at radius 2 is 1.82 bits per heavy atom. The lowest BCUT2D eigenvalue weighted by Gasteiger charge is -2.25. The summed E-state index contributed by atoms with van der Waals surface area (Å²) in [6, 6.07) is 15.0. The van der Waals surface area contributed by atoms with Crippen LogP contribution in [0.2, 0.25) is 0 Å². The van der Waals surface area contributed by atoms with Crippen LogP contribution in [0.3, 0.4) is 0 Å². The maximum atomic E-state index is 13.1. The number of hydrogen-bond acceptors (Lipinski definition) is 5. The van der Waals surface area contributed by atoms with Gasteiger partial charge in [0, 0.05) is 5.69 Å². The van der Waals surface area contributed by atoms with Gasteiger partial charge in [-0.25, -0.2) is 13.1 Å². The number of nitrogens with one attached hydrogen (secondary N) is 1. The van der Waals surface area contributed by atoms with Crippen LogP contribution in [0.25, 0.3) is 0 Å². The molecule has 0 saturated carbocycles. The zero-order chi connectivity index (χ0) is 20.1. The van der Waals surface area contributed by atoms with E-state index in [1.54, 1.807) is 42.5 Å². The van der Waals surface area contributed by atoms with Gasteiger partial charge in [0.1, 0.15) is 12.6 Å². The summed E-state index contributed by atoms with van der Waals surface area (Å²) >= 11 is 0. The molecule has 0 spiro atoms. The van der Waals surface area contributed by atoms with Crippen molar-refractivity contribution < 1.29 is 22.7 Å². The van der Waals surface area contributed by atoms with Crippen molar-refractivity contribution in [3.63, 3.8) is 0 Å². The van der Waals surface area contributed by atoms with Crippen molar-refractivity contribution in [1.29, 1.82) is 0 Å². The van der Waals surface area contributed by atoms with Crippen molar-refractivity contribution in [2.75, 3.05) is 18.6 Å². The number of anilines is 1. The SMILES string of the molecule is COC(=O)CN1C(=O)C(NS(=O)(=O)Cc2ccccc2)CCc2ccccc21. The maximum absolute atomic E-state index is 13.1. The first-order valence-corrected chi connectivity index (χ1v) is 10.5. The van der Waals surface area contributed by atoms with Gasteiger partial charge in [-0.1, -0.05) is 48.5 Å². The molecule has 0 fully saturated rings. The number of benzene rings is 2. The van der Waals surface area contributed by atoms with E-state index in [9.17, 15) is 18.0 Å². The highest BCUT2D eigenvalue weighted by Crippen LogP contribution is 2.27. The van der Waals surface area contributed by atoms with E-state index in [-0.39, 0.29) is 12.3 Å². The van der Waals surface area contributed by atoms with E-state index in [4.69, 9.17) is 4.74 Å². The Balaban J connectivity index is 1.84. The molecule has 1 unspecified atom stereocenters. The molecular formula is C20H22N2O5S. The van der Waals surface area contributed by atoms with Crippen molar-refractivity contribution in [3.8, 4) is 0 Å². The number of ether oxygens (including phenoxy) is 1. The Morgan fingerprint density at radius 1 is 1.14 bits per heavy atom. The second kappa shape index (κ2) is 8.53. The summed E-state index contributed by atoms with van der Waals surface area (Å²) in [6.45, 7) is -0.275. The van der Waals surface area contributed by atoms with Gasteiger partial charge in [-0.15, -0.1) is 0 Å². The summed E-state index contributed by atoms with van der Waals surface area (Å²) < 4.78 is 32.4. The number of aryl methyl sites for hydroxylation is 1. The summed E-state index contributed by atoms with van der Waals surface area (Å²) in [6.07, 6.45) is 0.819. The maximum Gasteiger partial charge on any atom is 0.325 e. The number of carbonyl (C=O) groups is 2. The normalized spacial score (nSPS) is 17.0. The number of methoxy groups -OCH3 is 1. The van der Waals surface area contributed by atoms with Crippen LogP contribution in [0, 0.1) is 0 Å². The van der Waals surface area contributed by atoms with E-state index >= 15 is 0 Å². The van der Waals surface area contributed by atoms with Gasteiger partial charge in [-0.05, 0) is 30.0 Å². The van der Waals surface area contributed by atoms with Crippen LogP contribution >= 0.6 is 0 Å². The van der Waals surface area contributed by atoms with E-state index < -0.39 is 27.9 Å². The molecule has 2 aromatic carbocycles. The van der Waals surface area contributed by atoms with Gasteiger partial charge in [0.15, 0.2) is 0 Å². The fourth-order valence-electron chi connectivity index (χ4n) is 3.23. The third-order valence-corrected chi connectivity index (χ3v) is 5.94. The molecule has 2 aromatic rings. The topological polar surface area (TPSA) is 92.8 Å². The molecule has 1 atom stereocenters. The summed E-state index contributed by atoms with van der Waals surface area (Å²) in [7, 11) is -2.50. The fourth-order valence-corrected chi connectivity index (χ4v) is 4.60. The van der Waals surface area contributed by atoms with E-state index in [0.717, 1.165) is 5.56 Å². The van der Waals surface area contributed by atoms with Crippen molar-refractivity contribution in [1.82, 2.24) is 4.72 Å². The molecule has 0 radical (unpaired) electrons. The highest BCUT2D eigenvalue weighted by molar-refractivity contribution is 7.88. The smallest absolute Gasteiger partial charge is 0.325 e. The van der Waals surface area contributed by atoms with Gasteiger partial charge in [0.2, 0.25) is 15.9 Å². The fraction of sp³-hybridized carbons (Fsp3) is 0.300. The predicted molar refractivity (Wildman–Crippen MR) is 105 cm³/mol.